The summed E-state index contributed by atoms with van der Waals surface area (Å²) in [4.78, 5) is 4.45. The van der Waals surface area contributed by atoms with Gasteiger partial charge in [0.05, 0.1) is 12.8 Å². The lowest BCUT2D eigenvalue weighted by molar-refractivity contribution is -0.00625. The maximum atomic E-state index is 5.56. The summed E-state index contributed by atoms with van der Waals surface area (Å²) < 4.78 is 12.7. The molecule has 0 bridgehead atoms. The number of nitrogens with zero attached hydrogens (tertiary/aromatic N) is 3. The van der Waals surface area contributed by atoms with E-state index in [4.69, 9.17) is 9.47 Å². The van der Waals surface area contributed by atoms with E-state index in [0.717, 1.165) is 24.5 Å². The Morgan fingerprint density at radius 3 is 3.28 bits per heavy atom. The Morgan fingerprint density at radius 1 is 1.56 bits per heavy atom. The van der Waals surface area contributed by atoms with Crippen LogP contribution < -0.4 is 5.32 Å². The van der Waals surface area contributed by atoms with Crippen LogP contribution in [0, 0.1) is 0 Å². The maximum Gasteiger partial charge on any atom is 0.157 e. The zero-order valence-corrected chi connectivity index (χ0v) is 10.3. The van der Waals surface area contributed by atoms with E-state index in [1.54, 1.807) is 17.8 Å². The predicted molar refractivity (Wildman–Crippen MR) is 66.7 cm³/mol. The highest BCUT2D eigenvalue weighted by Crippen LogP contribution is 2.22. The molecule has 96 valence electrons. The molecule has 0 spiro atoms. The Labute approximate surface area is 105 Å². The third kappa shape index (κ3) is 2.04. The molecule has 0 aliphatic carbocycles. The lowest BCUT2D eigenvalue weighted by Gasteiger charge is -2.26. The zero-order valence-electron chi connectivity index (χ0n) is 10.3. The van der Waals surface area contributed by atoms with Crippen LogP contribution in [-0.4, -0.2) is 47.1 Å². The Bertz CT molecular complexity index is 534. The number of ether oxygens (including phenoxy) is 2. The summed E-state index contributed by atoms with van der Waals surface area (Å²) in [5.41, 5.74) is 0.600. The van der Waals surface area contributed by atoms with Crippen molar-refractivity contribution in [2.45, 2.75) is 12.0 Å². The fraction of sp³-hybridized carbons (Fsp3) is 0.500. The molecule has 6 nitrogen and oxygen atoms in total. The van der Waals surface area contributed by atoms with Crippen molar-refractivity contribution in [2.75, 3.05) is 32.2 Å². The van der Waals surface area contributed by atoms with Gasteiger partial charge in [0.15, 0.2) is 5.65 Å². The lowest BCUT2D eigenvalue weighted by Crippen LogP contribution is -2.39. The Hall–Kier alpha value is -1.66. The van der Waals surface area contributed by atoms with Gasteiger partial charge in [-0.2, -0.15) is 5.10 Å². The molecule has 0 saturated carbocycles. The molecule has 18 heavy (non-hydrogen) atoms. The molecule has 2 aromatic heterocycles. The lowest BCUT2D eigenvalue weighted by atomic mass is 10.0. The smallest absolute Gasteiger partial charge is 0.157 e. The second kappa shape index (κ2) is 4.55. The molecule has 1 N–H and O–H groups in total. The van der Waals surface area contributed by atoms with Crippen molar-refractivity contribution < 1.29 is 9.47 Å². The fourth-order valence-corrected chi connectivity index (χ4v) is 2.12. The van der Waals surface area contributed by atoms with E-state index in [9.17, 15) is 0 Å². The van der Waals surface area contributed by atoms with Crippen LogP contribution in [-0.2, 0) is 9.47 Å². The van der Waals surface area contributed by atoms with Crippen LogP contribution in [0.4, 0.5) is 5.82 Å². The highest BCUT2D eigenvalue weighted by atomic mass is 16.5. The first kappa shape index (κ1) is 11.4. The van der Waals surface area contributed by atoms with Gasteiger partial charge in [0, 0.05) is 38.9 Å². The van der Waals surface area contributed by atoms with Gasteiger partial charge in [-0.15, -0.1) is 0 Å². The van der Waals surface area contributed by atoms with Crippen LogP contribution in [0.1, 0.15) is 6.42 Å². The van der Waals surface area contributed by atoms with E-state index in [0.29, 0.717) is 13.2 Å². The van der Waals surface area contributed by atoms with E-state index in [-0.39, 0.29) is 5.60 Å². The number of hydrogen-bond acceptors (Lipinski definition) is 5. The topological polar surface area (TPSA) is 60.7 Å². The number of nitrogens with one attached hydrogen (secondary N) is 1. The average Bonchev–Trinajstić information content (AvgIpc) is 3.05. The standard InChI is InChI=1S/C12H16N4O2/c1-17-12(4-7-18-9-12)8-13-10-3-6-16-11(15-10)2-5-14-16/h2-3,5-6H,4,7-9H2,1H3,(H,13,15). The third-order valence-corrected chi connectivity index (χ3v) is 3.35. The van der Waals surface area contributed by atoms with Crippen LogP contribution in [0.15, 0.2) is 24.5 Å². The van der Waals surface area contributed by atoms with Gasteiger partial charge in [0.2, 0.25) is 0 Å². The SMILES string of the molecule is COC1(CNc2ccn3nccc3n2)CCOC1. The molecule has 0 radical (unpaired) electrons. The van der Waals surface area contributed by atoms with Gasteiger partial charge in [-0.05, 0) is 6.07 Å². The van der Waals surface area contributed by atoms with Crippen molar-refractivity contribution in [3.8, 4) is 0 Å². The molecule has 1 fully saturated rings. The molecule has 1 unspecified atom stereocenters. The molecule has 2 aromatic rings. The van der Waals surface area contributed by atoms with E-state index in [1.807, 2.05) is 18.3 Å². The minimum Gasteiger partial charge on any atom is -0.378 e. The Morgan fingerprint density at radius 2 is 2.50 bits per heavy atom. The largest absolute Gasteiger partial charge is 0.378 e. The van der Waals surface area contributed by atoms with Crippen molar-refractivity contribution >= 4 is 11.5 Å². The van der Waals surface area contributed by atoms with Crippen molar-refractivity contribution in [1.82, 2.24) is 14.6 Å². The number of rotatable bonds is 4. The number of fused-ring (bicyclic) bond motifs is 1. The number of aromatic nitrogens is 3. The van der Waals surface area contributed by atoms with Crippen molar-refractivity contribution in [3.05, 3.63) is 24.5 Å². The minimum atomic E-state index is -0.228. The summed E-state index contributed by atoms with van der Waals surface area (Å²) in [5, 5.41) is 7.41. The third-order valence-electron chi connectivity index (χ3n) is 3.35. The van der Waals surface area contributed by atoms with Crippen molar-refractivity contribution in [2.24, 2.45) is 0 Å². The second-order valence-corrected chi connectivity index (χ2v) is 4.49. The fourth-order valence-electron chi connectivity index (χ4n) is 2.12. The summed E-state index contributed by atoms with van der Waals surface area (Å²) in [7, 11) is 1.73. The normalized spacial score (nSPS) is 23.6. The van der Waals surface area contributed by atoms with Gasteiger partial charge < -0.3 is 14.8 Å². The monoisotopic (exact) mass is 248 g/mol. The van der Waals surface area contributed by atoms with Gasteiger partial charge in [-0.3, -0.25) is 0 Å². The molecular weight excluding hydrogens is 232 g/mol. The molecule has 1 atom stereocenters. The number of hydrogen-bond donors (Lipinski definition) is 1. The van der Waals surface area contributed by atoms with Crippen LogP contribution in [0.2, 0.25) is 0 Å². The van der Waals surface area contributed by atoms with Crippen molar-refractivity contribution in [1.29, 1.82) is 0 Å². The number of anilines is 1. The molecule has 1 aliphatic heterocycles. The molecule has 0 amide bonds. The van der Waals surface area contributed by atoms with Crippen molar-refractivity contribution in [3.63, 3.8) is 0 Å². The van der Waals surface area contributed by atoms with E-state index in [1.165, 1.54) is 0 Å². The summed E-state index contributed by atoms with van der Waals surface area (Å²) >= 11 is 0. The van der Waals surface area contributed by atoms with E-state index >= 15 is 0 Å². The van der Waals surface area contributed by atoms with Gasteiger partial charge in [-0.25, -0.2) is 9.50 Å². The molecule has 1 saturated heterocycles. The summed E-state index contributed by atoms with van der Waals surface area (Å²) in [6.07, 6.45) is 4.52. The Kier molecular flexibility index (Phi) is 2.89. The molecule has 3 rings (SSSR count). The highest BCUT2D eigenvalue weighted by molar-refractivity contribution is 5.45. The quantitative estimate of drug-likeness (QED) is 0.872. The van der Waals surface area contributed by atoms with Crippen LogP contribution in [0.25, 0.3) is 5.65 Å². The Balaban J connectivity index is 1.72. The minimum absolute atomic E-state index is 0.228. The van der Waals surface area contributed by atoms with E-state index < -0.39 is 0 Å². The summed E-state index contributed by atoms with van der Waals surface area (Å²) in [6, 6.07) is 3.77. The first-order valence-corrected chi connectivity index (χ1v) is 5.99. The highest BCUT2D eigenvalue weighted by Gasteiger charge is 2.34. The van der Waals surface area contributed by atoms with Gasteiger partial charge in [-0.1, -0.05) is 0 Å². The molecule has 1 aliphatic rings. The predicted octanol–water partition coefficient (Wildman–Crippen LogP) is 0.947. The number of methoxy groups -OCH3 is 1. The molecule has 3 heterocycles. The van der Waals surface area contributed by atoms with Crippen LogP contribution >= 0.6 is 0 Å². The first-order valence-electron chi connectivity index (χ1n) is 5.99. The molecule has 0 aromatic carbocycles. The molecule has 6 heteroatoms. The van der Waals surface area contributed by atoms with Gasteiger partial charge in [0.1, 0.15) is 11.4 Å². The maximum absolute atomic E-state index is 5.56. The average molecular weight is 248 g/mol. The summed E-state index contributed by atoms with van der Waals surface area (Å²) in [5.74, 6) is 0.825. The van der Waals surface area contributed by atoms with Crippen LogP contribution in [0.3, 0.4) is 0 Å². The van der Waals surface area contributed by atoms with Gasteiger partial charge >= 0.3 is 0 Å². The second-order valence-electron chi connectivity index (χ2n) is 4.49. The van der Waals surface area contributed by atoms with Gasteiger partial charge in [0.25, 0.3) is 0 Å². The first-order chi connectivity index (χ1) is 8.81. The molecular formula is C12H16N4O2. The van der Waals surface area contributed by atoms with E-state index in [2.05, 4.69) is 15.4 Å². The van der Waals surface area contributed by atoms with Crippen LogP contribution in [0.5, 0.6) is 0 Å². The zero-order chi connectivity index (χ0) is 12.4. The summed E-state index contributed by atoms with van der Waals surface area (Å²) in [6.45, 7) is 2.08.